The van der Waals surface area contributed by atoms with Crippen LogP contribution in [-0.2, 0) is 10.0 Å². The van der Waals surface area contributed by atoms with Crippen LogP contribution in [0.25, 0.3) is 0 Å². The van der Waals surface area contributed by atoms with Gasteiger partial charge < -0.3 is 5.73 Å². The number of sulfonamides is 1. The third kappa shape index (κ3) is 3.30. The zero-order valence-electron chi connectivity index (χ0n) is 10.3. The van der Waals surface area contributed by atoms with Gasteiger partial charge in [-0.3, -0.25) is 0 Å². The summed E-state index contributed by atoms with van der Waals surface area (Å²) >= 11 is 3.24. The Morgan fingerprint density at radius 3 is 2.68 bits per heavy atom. The molecule has 1 aliphatic carbocycles. The lowest BCUT2D eigenvalue weighted by molar-refractivity contribution is 0.430. The molecule has 2 N–H and O–H groups in total. The van der Waals surface area contributed by atoms with Gasteiger partial charge in [0.25, 0.3) is 0 Å². The zero-order valence-corrected chi connectivity index (χ0v) is 12.7. The summed E-state index contributed by atoms with van der Waals surface area (Å²) in [6.45, 7) is 0.593. The van der Waals surface area contributed by atoms with Crippen molar-refractivity contribution in [2.75, 3.05) is 18.8 Å². The highest BCUT2D eigenvalue weighted by Crippen LogP contribution is 2.32. The van der Waals surface area contributed by atoms with E-state index >= 15 is 0 Å². The summed E-state index contributed by atoms with van der Waals surface area (Å²) in [6, 6.07) is 4.59. The van der Waals surface area contributed by atoms with Gasteiger partial charge in [0.1, 0.15) is 0 Å². The Balaban J connectivity index is 2.32. The Morgan fingerprint density at radius 2 is 2.16 bits per heavy atom. The lowest BCUT2D eigenvalue weighted by Crippen LogP contribution is -2.33. The van der Waals surface area contributed by atoms with Crippen LogP contribution in [0.1, 0.15) is 12.8 Å². The fraction of sp³-hybridized carbons (Fsp3) is 0.385. The van der Waals surface area contributed by atoms with Crippen molar-refractivity contribution in [2.45, 2.75) is 17.7 Å². The Hall–Kier alpha value is -1.03. The van der Waals surface area contributed by atoms with Crippen molar-refractivity contribution in [1.29, 1.82) is 0 Å². The molecule has 0 unspecified atom stereocenters. The van der Waals surface area contributed by atoms with E-state index < -0.39 is 10.0 Å². The van der Waals surface area contributed by atoms with Crippen molar-refractivity contribution < 1.29 is 8.42 Å². The molecule has 2 rings (SSSR count). The maximum Gasteiger partial charge on any atom is 0.243 e. The fourth-order valence-corrected chi connectivity index (χ4v) is 3.74. The van der Waals surface area contributed by atoms with Gasteiger partial charge in [-0.05, 0) is 52.9 Å². The van der Waals surface area contributed by atoms with Crippen LogP contribution in [0.3, 0.4) is 0 Å². The summed E-state index contributed by atoms with van der Waals surface area (Å²) in [5.41, 5.74) is 6.17. The summed E-state index contributed by atoms with van der Waals surface area (Å²) in [7, 11) is -3.55. The van der Waals surface area contributed by atoms with Crippen LogP contribution in [-0.4, -0.2) is 25.8 Å². The van der Waals surface area contributed by atoms with E-state index in [2.05, 4.69) is 21.9 Å². The van der Waals surface area contributed by atoms with Gasteiger partial charge in [0.05, 0.1) is 11.4 Å². The first-order valence-corrected chi connectivity index (χ1v) is 8.17. The molecule has 0 spiro atoms. The molecule has 1 aromatic carbocycles. The highest BCUT2D eigenvalue weighted by atomic mass is 79.9. The SMILES string of the molecule is C#CCN(CC1CC1)S(=O)(=O)c1ccc(N)c(Br)c1. The fourth-order valence-electron chi connectivity index (χ4n) is 1.76. The monoisotopic (exact) mass is 342 g/mol. The number of halogens is 1. The predicted molar refractivity (Wildman–Crippen MR) is 78.9 cm³/mol. The van der Waals surface area contributed by atoms with E-state index in [1.807, 2.05) is 0 Å². The third-order valence-corrected chi connectivity index (χ3v) is 5.53. The molecule has 0 heterocycles. The second kappa shape index (κ2) is 5.53. The second-order valence-corrected chi connectivity index (χ2v) is 7.42. The number of terminal acetylenes is 1. The Bertz CT molecular complexity index is 618. The molecule has 0 radical (unpaired) electrons. The highest BCUT2D eigenvalue weighted by molar-refractivity contribution is 9.10. The van der Waals surface area contributed by atoms with Crippen LogP contribution in [0.4, 0.5) is 5.69 Å². The number of anilines is 1. The summed E-state index contributed by atoms with van der Waals surface area (Å²) in [4.78, 5) is 0.212. The molecule has 1 fully saturated rings. The first kappa shape index (κ1) is 14.4. The molecule has 6 heteroatoms. The number of benzene rings is 1. The lowest BCUT2D eigenvalue weighted by Gasteiger charge is -2.20. The topological polar surface area (TPSA) is 63.4 Å². The summed E-state index contributed by atoms with van der Waals surface area (Å²) in [5.74, 6) is 2.86. The number of hydrogen-bond acceptors (Lipinski definition) is 3. The molecule has 0 saturated heterocycles. The molecule has 0 atom stereocenters. The summed E-state index contributed by atoms with van der Waals surface area (Å²) in [6.07, 6.45) is 7.41. The van der Waals surface area contributed by atoms with Gasteiger partial charge in [-0.2, -0.15) is 4.31 Å². The lowest BCUT2D eigenvalue weighted by atomic mass is 10.3. The summed E-state index contributed by atoms with van der Waals surface area (Å²) in [5, 5.41) is 0. The molecule has 1 saturated carbocycles. The number of nitrogen functional groups attached to an aromatic ring is 1. The van der Waals surface area contributed by atoms with Gasteiger partial charge in [-0.15, -0.1) is 6.42 Å². The van der Waals surface area contributed by atoms with Crippen molar-refractivity contribution in [3.05, 3.63) is 22.7 Å². The molecule has 1 aliphatic rings. The van der Waals surface area contributed by atoms with Crippen LogP contribution in [0.15, 0.2) is 27.6 Å². The van der Waals surface area contributed by atoms with Gasteiger partial charge in [-0.25, -0.2) is 8.42 Å². The van der Waals surface area contributed by atoms with Crippen LogP contribution in [0.2, 0.25) is 0 Å². The molecular weight excluding hydrogens is 328 g/mol. The minimum Gasteiger partial charge on any atom is -0.398 e. The molecule has 0 aliphatic heterocycles. The highest BCUT2D eigenvalue weighted by Gasteiger charge is 2.31. The van der Waals surface area contributed by atoms with Gasteiger partial charge >= 0.3 is 0 Å². The second-order valence-electron chi connectivity index (χ2n) is 4.63. The smallest absolute Gasteiger partial charge is 0.243 e. The van der Waals surface area contributed by atoms with Gasteiger partial charge in [0.2, 0.25) is 10.0 Å². The van der Waals surface area contributed by atoms with Gasteiger partial charge in [0.15, 0.2) is 0 Å². The van der Waals surface area contributed by atoms with E-state index in [-0.39, 0.29) is 11.4 Å². The third-order valence-electron chi connectivity index (χ3n) is 3.04. The van der Waals surface area contributed by atoms with E-state index in [0.29, 0.717) is 22.6 Å². The summed E-state index contributed by atoms with van der Waals surface area (Å²) < 4.78 is 27.0. The number of nitrogens with zero attached hydrogens (tertiary/aromatic N) is 1. The van der Waals surface area contributed by atoms with Gasteiger partial charge in [-0.1, -0.05) is 5.92 Å². The van der Waals surface area contributed by atoms with Gasteiger partial charge in [0, 0.05) is 16.7 Å². The Morgan fingerprint density at radius 1 is 1.47 bits per heavy atom. The molecule has 4 nitrogen and oxygen atoms in total. The van der Waals surface area contributed by atoms with Crippen LogP contribution in [0.5, 0.6) is 0 Å². The van der Waals surface area contributed by atoms with E-state index in [9.17, 15) is 8.42 Å². The molecular formula is C13H15BrN2O2S. The molecule has 0 aromatic heterocycles. The predicted octanol–water partition coefficient (Wildman–Crippen LogP) is 2.07. The van der Waals surface area contributed by atoms with Crippen molar-refractivity contribution in [2.24, 2.45) is 5.92 Å². The first-order chi connectivity index (χ1) is 8.95. The van der Waals surface area contributed by atoms with E-state index in [1.165, 1.54) is 16.4 Å². The molecule has 102 valence electrons. The maximum absolute atomic E-state index is 12.5. The van der Waals surface area contributed by atoms with Crippen LogP contribution >= 0.6 is 15.9 Å². The van der Waals surface area contributed by atoms with Crippen molar-refractivity contribution in [3.8, 4) is 12.3 Å². The minimum atomic E-state index is -3.55. The standard InChI is InChI=1S/C13H15BrN2O2S/c1-2-7-16(9-10-3-4-10)19(17,18)11-5-6-13(15)12(14)8-11/h1,5-6,8,10H,3-4,7,9,15H2. The van der Waals surface area contributed by atoms with Crippen molar-refractivity contribution >= 4 is 31.6 Å². The van der Waals surface area contributed by atoms with Crippen LogP contribution in [0, 0.1) is 18.3 Å². The molecule has 0 amide bonds. The normalized spacial score (nSPS) is 15.4. The maximum atomic E-state index is 12.5. The number of rotatable bonds is 5. The van der Waals surface area contributed by atoms with Crippen molar-refractivity contribution in [1.82, 2.24) is 4.31 Å². The van der Waals surface area contributed by atoms with Crippen molar-refractivity contribution in [3.63, 3.8) is 0 Å². The van der Waals surface area contributed by atoms with E-state index in [0.717, 1.165) is 12.8 Å². The Labute approximate surface area is 122 Å². The number of hydrogen-bond donors (Lipinski definition) is 1. The largest absolute Gasteiger partial charge is 0.398 e. The quantitative estimate of drug-likeness (QED) is 0.658. The number of nitrogens with two attached hydrogens (primary N) is 1. The molecule has 1 aromatic rings. The molecule has 0 bridgehead atoms. The van der Waals surface area contributed by atoms with Crippen LogP contribution < -0.4 is 5.73 Å². The Kier molecular flexibility index (Phi) is 4.19. The molecule has 19 heavy (non-hydrogen) atoms. The van der Waals surface area contributed by atoms with E-state index in [1.54, 1.807) is 6.07 Å². The average Bonchev–Trinajstić information content (AvgIpc) is 3.16. The average molecular weight is 343 g/mol. The first-order valence-electron chi connectivity index (χ1n) is 5.94. The minimum absolute atomic E-state index is 0.0980. The van der Waals surface area contributed by atoms with E-state index in [4.69, 9.17) is 12.2 Å². The zero-order chi connectivity index (χ0) is 14.0.